The van der Waals surface area contributed by atoms with Crippen molar-refractivity contribution in [1.82, 2.24) is 4.90 Å². The number of nitrogens with zero attached hydrogens (tertiary/aromatic N) is 2. The number of fused-ring (bicyclic) bond motifs is 3. The number of carbonyl (C=O) groups excluding carboxylic acids is 1. The summed E-state index contributed by atoms with van der Waals surface area (Å²) in [4.78, 5) is 19.0. The molecule has 37 heavy (non-hydrogen) atoms. The third-order valence-electron chi connectivity index (χ3n) is 6.77. The Balaban J connectivity index is 1.56. The van der Waals surface area contributed by atoms with Crippen LogP contribution in [0, 0.1) is 0 Å². The van der Waals surface area contributed by atoms with Crippen LogP contribution in [-0.4, -0.2) is 90.1 Å². The van der Waals surface area contributed by atoms with Gasteiger partial charge in [0.15, 0.2) is 5.17 Å². The average Bonchev–Trinajstić information content (AvgIpc) is 3.28. The summed E-state index contributed by atoms with van der Waals surface area (Å²) in [5, 5.41) is 0.517. The van der Waals surface area contributed by atoms with Crippen LogP contribution in [0.3, 0.4) is 0 Å². The molecule has 0 spiro atoms. The molecule has 1 aromatic rings. The zero-order valence-corrected chi connectivity index (χ0v) is 24.4. The fraction of sp³-hybridized carbons (Fsp3) is 0.692. The molecule has 2 saturated heterocycles. The number of hydrogen-bond acceptors (Lipinski definition) is 10. The fourth-order valence-corrected chi connectivity index (χ4v) is 6.66. The highest BCUT2D eigenvalue weighted by Gasteiger charge is 2.63. The summed E-state index contributed by atoms with van der Waals surface area (Å²) in [5.41, 5.74) is 0.280. The molecule has 0 unspecified atom stereocenters. The van der Waals surface area contributed by atoms with Crippen LogP contribution in [0.1, 0.15) is 40.2 Å². The van der Waals surface area contributed by atoms with E-state index in [1.807, 2.05) is 39.0 Å². The lowest BCUT2D eigenvalue weighted by Crippen LogP contribution is -2.71. The van der Waals surface area contributed by atoms with Crippen molar-refractivity contribution < 1.29 is 33.2 Å². The minimum absolute atomic E-state index is 0.287. The summed E-state index contributed by atoms with van der Waals surface area (Å²) in [6.45, 7) is 9.11. The quantitative estimate of drug-likeness (QED) is 0.505. The first-order valence-corrected chi connectivity index (χ1v) is 14.4. The van der Waals surface area contributed by atoms with Gasteiger partial charge >= 0.3 is 6.09 Å². The van der Waals surface area contributed by atoms with Crippen molar-refractivity contribution in [3.8, 4) is 0 Å². The molecule has 9 nitrogen and oxygen atoms in total. The van der Waals surface area contributed by atoms with Gasteiger partial charge in [-0.15, -0.1) is 0 Å². The van der Waals surface area contributed by atoms with E-state index in [1.54, 1.807) is 46.9 Å². The number of aliphatic imine (C=N–C) groups is 1. The van der Waals surface area contributed by atoms with Crippen molar-refractivity contribution in [3.05, 3.63) is 35.9 Å². The minimum atomic E-state index is -1.17. The van der Waals surface area contributed by atoms with Gasteiger partial charge in [0, 0.05) is 32.8 Å². The summed E-state index contributed by atoms with van der Waals surface area (Å²) in [6.07, 6.45) is -1.68. The Kier molecular flexibility index (Phi) is 8.55. The van der Waals surface area contributed by atoms with Crippen LogP contribution in [0.25, 0.3) is 0 Å². The van der Waals surface area contributed by atoms with Crippen LogP contribution in [0.5, 0.6) is 0 Å². The van der Waals surface area contributed by atoms with Gasteiger partial charge in [0.25, 0.3) is 0 Å². The lowest BCUT2D eigenvalue weighted by atomic mass is 9.94. The maximum atomic E-state index is 12.7. The number of amidine groups is 1. The predicted octanol–water partition coefficient (Wildman–Crippen LogP) is 4.49. The number of ether oxygens (including phenoxy) is 6. The predicted molar refractivity (Wildman–Crippen MR) is 145 cm³/mol. The number of carbonyl (C=O) groups is 1. The first kappa shape index (κ1) is 28.7. The topological polar surface area (TPSA) is 88.1 Å². The van der Waals surface area contributed by atoms with Crippen LogP contribution < -0.4 is 0 Å². The summed E-state index contributed by atoms with van der Waals surface area (Å²) in [6, 6.07) is 9.91. The van der Waals surface area contributed by atoms with Crippen LogP contribution >= 0.6 is 23.5 Å². The first-order chi connectivity index (χ1) is 17.4. The van der Waals surface area contributed by atoms with Crippen molar-refractivity contribution >= 4 is 34.8 Å². The Morgan fingerprint density at radius 3 is 2.32 bits per heavy atom. The third-order valence-corrected chi connectivity index (χ3v) is 9.08. The zero-order valence-electron chi connectivity index (χ0n) is 22.8. The molecule has 0 radical (unpaired) electrons. The van der Waals surface area contributed by atoms with Gasteiger partial charge in [-0.3, -0.25) is 9.89 Å². The Hall–Kier alpha value is -1.34. The van der Waals surface area contributed by atoms with Gasteiger partial charge in [-0.05, 0) is 40.2 Å². The highest BCUT2D eigenvalue weighted by Crippen LogP contribution is 2.48. The van der Waals surface area contributed by atoms with E-state index in [-0.39, 0.29) is 11.5 Å². The zero-order chi connectivity index (χ0) is 27.0. The van der Waals surface area contributed by atoms with Crippen LogP contribution in [-0.2, 0) is 34.2 Å². The average molecular weight is 555 g/mol. The van der Waals surface area contributed by atoms with Gasteiger partial charge in [0.05, 0.1) is 6.10 Å². The molecule has 1 amide bonds. The number of benzene rings is 1. The number of rotatable bonds is 6. The highest BCUT2D eigenvalue weighted by molar-refractivity contribution is 8.14. The van der Waals surface area contributed by atoms with Gasteiger partial charge < -0.3 is 28.4 Å². The number of hydrogen-bond donors (Lipinski definition) is 0. The Bertz CT molecular complexity index is 991. The fourth-order valence-electron chi connectivity index (χ4n) is 4.44. The largest absolute Gasteiger partial charge is 0.443 e. The molecule has 0 saturated carbocycles. The third kappa shape index (κ3) is 5.98. The SMILES string of the molecule is CO[C@@]1(C)O[C@@H]2[C@H]3N=C(N(C)C(=O)OC(C)(C)C)S[C@H]3O[C@H](CSCc3ccccc3)[C@H]2O[C@]1(C)OC. The maximum Gasteiger partial charge on any atom is 0.416 e. The molecule has 2 fully saturated rings. The van der Waals surface area contributed by atoms with Crippen LogP contribution in [0.2, 0.25) is 0 Å². The van der Waals surface area contributed by atoms with Crippen molar-refractivity contribution in [1.29, 1.82) is 0 Å². The normalized spacial score (nSPS) is 35.4. The summed E-state index contributed by atoms with van der Waals surface area (Å²) >= 11 is 3.17. The van der Waals surface area contributed by atoms with Gasteiger partial charge in [-0.25, -0.2) is 4.79 Å². The molecule has 0 aliphatic carbocycles. The second kappa shape index (κ2) is 11.0. The molecule has 3 heterocycles. The van der Waals surface area contributed by atoms with Crippen LogP contribution in [0.4, 0.5) is 4.79 Å². The van der Waals surface area contributed by atoms with E-state index >= 15 is 0 Å². The monoisotopic (exact) mass is 554 g/mol. The van der Waals surface area contributed by atoms with Gasteiger partial charge in [-0.2, -0.15) is 11.8 Å². The molecule has 0 aromatic heterocycles. The van der Waals surface area contributed by atoms with Crippen molar-refractivity contribution in [2.24, 2.45) is 4.99 Å². The second-order valence-corrected chi connectivity index (χ2v) is 12.7. The number of methoxy groups -OCH3 is 2. The van der Waals surface area contributed by atoms with Gasteiger partial charge in [-0.1, -0.05) is 42.1 Å². The molecule has 1 aromatic carbocycles. The van der Waals surface area contributed by atoms with Crippen molar-refractivity contribution in [2.75, 3.05) is 27.0 Å². The van der Waals surface area contributed by atoms with E-state index in [0.717, 1.165) is 5.75 Å². The molecule has 0 N–H and O–H groups in total. The van der Waals surface area contributed by atoms with E-state index in [9.17, 15) is 4.79 Å². The summed E-state index contributed by atoms with van der Waals surface area (Å²) in [5.74, 6) is -0.801. The van der Waals surface area contributed by atoms with E-state index in [1.165, 1.54) is 22.2 Å². The van der Waals surface area contributed by atoms with Crippen molar-refractivity contribution in [3.63, 3.8) is 0 Å². The Morgan fingerprint density at radius 1 is 1.11 bits per heavy atom. The Labute approximate surface area is 227 Å². The first-order valence-electron chi connectivity index (χ1n) is 12.3. The summed E-state index contributed by atoms with van der Waals surface area (Å²) in [7, 11) is 4.80. The summed E-state index contributed by atoms with van der Waals surface area (Å²) < 4.78 is 36.8. The van der Waals surface area contributed by atoms with Gasteiger partial charge in [0.2, 0.25) is 11.6 Å². The highest BCUT2D eigenvalue weighted by atomic mass is 32.2. The molecule has 11 heteroatoms. The van der Waals surface area contributed by atoms with Crippen molar-refractivity contribution in [2.45, 2.75) is 87.3 Å². The van der Waals surface area contributed by atoms with E-state index in [0.29, 0.717) is 10.9 Å². The molecule has 3 aliphatic heterocycles. The Morgan fingerprint density at radius 2 is 1.73 bits per heavy atom. The van der Waals surface area contributed by atoms with Crippen LogP contribution in [0.15, 0.2) is 35.3 Å². The minimum Gasteiger partial charge on any atom is -0.443 e. The molecule has 3 aliphatic rings. The second-order valence-electron chi connectivity index (χ2n) is 10.6. The molecule has 206 valence electrons. The standard InChI is InChI=1S/C26H38N2O7S2/c1-24(2,3)35-23(29)28(6)22-27-18-20-19(33-25(4,30-7)26(5,31-8)34-20)17(32-21(18)37-22)15-36-14-16-12-10-9-11-13-16/h9-13,17-21H,14-15H2,1-8H3/t17-,18-,19-,20-,21-,25+,26+/m1/s1. The maximum absolute atomic E-state index is 12.7. The lowest BCUT2D eigenvalue weighted by molar-refractivity contribution is -0.462. The van der Waals surface area contributed by atoms with E-state index in [2.05, 4.69) is 12.1 Å². The molecule has 4 rings (SSSR count). The number of thioether (sulfide) groups is 2. The van der Waals surface area contributed by atoms with E-state index in [4.69, 9.17) is 33.4 Å². The van der Waals surface area contributed by atoms with E-state index < -0.39 is 41.5 Å². The molecule has 7 atom stereocenters. The van der Waals surface area contributed by atoms with Gasteiger partial charge in [0.1, 0.15) is 29.3 Å². The molecular weight excluding hydrogens is 516 g/mol. The number of amides is 1. The molecular formula is C26H38N2O7S2. The lowest BCUT2D eigenvalue weighted by Gasteiger charge is -2.56. The molecule has 0 bridgehead atoms. The smallest absolute Gasteiger partial charge is 0.416 e.